The van der Waals surface area contributed by atoms with Gasteiger partial charge in [0.05, 0.1) is 13.2 Å². The third-order valence-electron chi connectivity index (χ3n) is 4.78. The number of nitrogens with one attached hydrogen (secondary N) is 1. The molecule has 0 radical (unpaired) electrons. The maximum Gasteiger partial charge on any atom is 0.129 e. The van der Waals surface area contributed by atoms with Gasteiger partial charge in [0.25, 0.3) is 0 Å². The number of benzene rings is 4. The molecule has 4 aromatic carbocycles. The second-order valence-corrected chi connectivity index (χ2v) is 6.44. The van der Waals surface area contributed by atoms with Crippen molar-refractivity contribution in [1.82, 2.24) is 0 Å². The molecular formula is C24H21NO2. The summed E-state index contributed by atoms with van der Waals surface area (Å²) in [6.07, 6.45) is 0. The second-order valence-electron chi connectivity index (χ2n) is 6.44. The predicted octanol–water partition coefficient (Wildman–Crippen LogP) is 5.76. The van der Waals surface area contributed by atoms with E-state index in [-0.39, 0.29) is 6.04 Å². The van der Waals surface area contributed by atoms with E-state index in [1.807, 2.05) is 72.8 Å². The first-order valence-electron chi connectivity index (χ1n) is 8.92. The third-order valence-corrected chi connectivity index (χ3v) is 4.78. The first-order chi connectivity index (χ1) is 13.3. The van der Waals surface area contributed by atoms with Crippen LogP contribution in [0.1, 0.15) is 17.2 Å². The van der Waals surface area contributed by atoms with E-state index in [0.29, 0.717) is 5.75 Å². The van der Waals surface area contributed by atoms with E-state index in [1.54, 1.807) is 7.11 Å². The molecule has 0 saturated heterocycles. The van der Waals surface area contributed by atoms with Crippen molar-refractivity contribution in [3.8, 4) is 11.5 Å². The Bertz CT molecular complexity index is 1040. The van der Waals surface area contributed by atoms with Crippen LogP contribution in [-0.4, -0.2) is 12.2 Å². The van der Waals surface area contributed by atoms with Crippen LogP contribution in [0, 0.1) is 0 Å². The van der Waals surface area contributed by atoms with Gasteiger partial charge in [-0.25, -0.2) is 0 Å². The van der Waals surface area contributed by atoms with Gasteiger partial charge in [0.15, 0.2) is 0 Å². The van der Waals surface area contributed by atoms with Crippen LogP contribution < -0.4 is 10.1 Å². The first kappa shape index (κ1) is 17.0. The number of rotatable bonds is 5. The molecule has 1 atom stereocenters. The molecule has 0 bridgehead atoms. The average Bonchev–Trinajstić information content (AvgIpc) is 2.74. The third kappa shape index (κ3) is 3.44. The lowest BCUT2D eigenvalue weighted by Gasteiger charge is -2.23. The molecule has 1 unspecified atom stereocenters. The van der Waals surface area contributed by atoms with Gasteiger partial charge < -0.3 is 15.2 Å². The average molecular weight is 355 g/mol. The predicted molar refractivity (Wildman–Crippen MR) is 111 cm³/mol. The van der Waals surface area contributed by atoms with Gasteiger partial charge in [-0.15, -0.1) is 0 Å². The van der Waals surface area contributed by atoms with Crippen LogP contribution >= 0.6 is 0 Å². The summed E-state index contributed by atoms with van der Waals surface area (Å²) in [7, 11) is 1.66. The highest BCUT2D eigenvalue weighted by Crippen LogP contribution is 2.37. The molecule has 2 N–H and O–H groups in total. The van der Waals surface area contributed by atoms with Crippen LogP contribution in [0.5, 0.6) is 11.5 Å². The molecule has 3 nitrogen and oxygen atoms in total. The summed E-state index contributed by atoms with van der Waals surface area (Å²) in [5.74, 6) is 1.12. The van der Waals surface area contributed by atoms with Crippen molar-refractivity contribution in [2.24, 2.45) is 0 Å². The Hall–Kier alpha value is -3.46. The maximum absolute atomic E-state index is 11.0. The van der Waals surface area contributed by atoms with Crippen LogP contribution in [0.3, 0.4) is 0 Å². The number of hydrogen-bond donors (Lipinski definition) is 2. The molecule has 0 aromatic heterocycles. The number of fused-ring (bicyclic) bond motifs is 1. The Kier molecular flexibility index (Phi) is 4.67. The molecule has 0 spiro atoms. The summed E-state index contributed by atoms with van der Waals surface area (Å²) in [4.78, 5) is 0. The molecule has 27 heavy (non-hydrogen) atoms. The summed E-state index contributed by atoms with van der Waals surface area (Å²) >= 11 is 0. The number of hydrogen-bond acceptors (Lipinski definition) is 3. The number of ether oxygens (including phenoxy) is 1. The van der Waals surface area contributed by atoms with Crippen LogP contribution in [-0.2, 0) is 0 Å². The van der Waals surface area contributed by atoms with Gasteiger partial charge >= 0.3 is 0 Å². The Labute approximate surface area is 158 Å². The van der Waals surface area contributed by atoms with Crippen molar-refractivity contribution in [3.05, 3.63) is 102 Å². The van der Waals surface area contributed by atoms with Crippen molar-refractivity contribution in [2.75, 3.05) is 12.4 Å². The number of anilines is 1. The molecule has 0 aliphatic heterocycles. The van der Waals surface area contributed by atoms with Crippen LogP contribution in [0.2, 0.25) is 0 Å². The van der Waals surface area contributed by atoms with E-state index in [0.717, 1.165) is 33.3 Å². The van der Waals surface area contributed by atoms with Crippen molar-refractivity contribution >= 4 is 16.5 Å². The molecule has 0 fully saturated rings. The van der Waals surface area contributed by atoms with Crippen molar-refractivity contribution in [1.29, 1.82) is 0 Å². The standard InChI is InChI=1S/C24H21NO2/c1-27-20-14-12-19(13-15-20)25-23(18-8-3-2-4-9-18)22-16-11-17-7-5-6-10-21(17)24(22)26/h2-16,23,25-26H,1H3. The van der Waals surface area contributed by atoms with E-state index in [2.05, 4.69) is 23.5 Å². The van der Waals surface area contributed by atoms with Crippen molar-refractivity contribution in [3.63, 3.8) is 0 Å². The highest BCUT2D eigenvalue weighted by atomic mass is 16.5. The zero-order valence-electron chi connectivity index (χ0n) is 15.1. The van der Waals surface area contributed by atoms with Crippen LogP contribution in [0.15, 0.2) is 91.0 Å². The second kappa shape index (κ2) is 7.42. The molecule has 0 heterocycles. The van der Waals surface area contributed by atoms with E-state index in [4.69, 9.17) is 4.74 Å². The zero-order valence-corrected chi connectivity index (χ0v) is 15.1. The summed E-state index contributed by atoms with van der Waals surface area (Å²) in [5, 5.41) is 16.4. The van der Waals surface area contributed by atoms with E-state index in [1.165, 1.54) is 0 Å². The summed E-state index contributed by atoms with van der Waals surface area (Å²) in [5.41, 5.74) is 2.88. The number of phenols is 1. The van der Waals surface area contributed by atoms with Crippen LogP contribution in [0.25, 0.3) is 10.8 Å². The van der Waals surface area contributed by atoms with Gasteiger partial charge in [0.1, 0.15) is 11.5 Å². The minimum atomic E-state index is -0.177. The highest BCUT2D eigenvalue weighted by molar-refractivity contribution is 5.89. The zero-order chi connectivity index (χ0) is 18.6. The smallest absolute Gasteiger partial charge is 0.129 e. The number of aromatic hydroxyl groups is 1. The fourth-order valence-corrected chi connectivity index (χ4v) is 3.34. The summed E-state index contributed by atoms with van der Waals surface area (Å²) < 4.78 is 5.24. The Morgan fingerprint density at radius 2 is 1.48 bits per heavy atom. The van der Waals surface area contributed by atoms with Gasteiger partial charge in [0.2, 0.25) is 0 Å². The minimum Gasteiger partial charge on any atom is -0.507 e. The quantitative estimate of drug-likeness (QED) is 0.478. The lowest BCUT2D eigenvalue weighted by molar-refractivity contribution is 0.415. The molecule has 134 valence electrons. The lowest BCUT2D eigenvalue weighted by atomic mass is 9.94. The van der Waals surface area contributed by atoms with Crippen molar-refractivity contribution in [2.45, 2.75) is 6.04 Å². The molecular weight excluding hydrogens is 334 g/mol. The van der Waals surface area contributed by atoms with E-state index < -0.39 is 0 Å². The van der Waals surface area contributed by atoms with Gasteiger partial charge in [0, 0.05) is 16.6 Å². The van der Waals surface area contributed by atoms with Gasteiger partial charge in [-0.3, -0.25) is 0 Å². The SMILES string of the molecule is COc1ccc(NC(c2ccccc2)c2ccc3ccccc3c2O)cc1. The number of phenolic OH excluding ortho intramolecular Hbond substituents is 1. The maximum atomic E-state index is 11.0. The van der Waals surface area contributed by atoms with Gasteiger partial charge in [-0.2, -0.15) is 0 Å². The summed E-state index contributed by atoms with van der Waals surface area (Å²) in [6.45, 7) is 0. The monoisotopic (exact) mass is 355 g/mol. The van der Waals surface area contributed by atoms with E-state index >= 15 is 0 Å². The van der Waals surface area contributed by atoms with Gasteiger partial charge in [-0.05, 0) is 35.2 Å². The Morgan fingerprint density at radius 1 is 0.778 bits per heavy atom. The normalized spacial score (nSPS) is 11.9. The summed E-state index contributed by atoms with van der Waals surface area (Å²) in [6, 6.07) is 29.7. The van der Waals surface area contributed by atoms with E-state index in [9.17, 15) is 5.11 Å². The van der Waals surface area contributed by atoms with Crippen molar-refractivity contribution < 1.29 is 9.84 Å². The fourth-order valence-electron chi connectivity index (χ4n) is 3.34. The Morgan fingerprint density at radius 3 is 2.22 bits per heavy atom. The molecule has 3 heteroatoms. The lowest BCUT2D eigenvalue weighted by Crippen LogP contribution is -2.12. The number of methoxy groups -OCH3 is 1. The Balaban J connectivity index is 1.79. The molecule has 4 rings (SSSR count). The van der Waals surface area contributed by atoms with Crippen LogP contribution in [0.4, 0.5) is 5.69 Å². The van der Waals surface area contributed by atoms with Gasteiger partial charge in [-0.1, -0.05) is 66.7 Å². The molecule has 4 aromatic rings. The molecule has 0 aliphatic carbocycles. The first-order valence-corrected chi connectivity index (χ1v) is 8.92. The molecule has 0 amide bonds. The highest BCUT2D eigenvalue weighted by Gasteiger charge is 2.19. The molecule has 0 saturated carbocycles. The fraction of sp³-hybridized carbons (Fsp3) is 0.0833. The largest absolute Gasteiger partial charge is 0.507 e. The topological polar surface area (TPSA) is 41.5 Å². The minimum absolute atomic E-state index is 0.177. The molecule has 0 aliphatic rings.